The second kappa shape index (κ2) is 6.19. The Bertz CT molecular complexity index is 529. The third kappa shape index (κ3) is 4.06. The zero-order valence-corrected chi connectivity index (χ0v) is 12.5. The fourth-order valence-corrected chi connectivity index (χ4v) is 3.44. The average molecular weight is 284 g/mol. The zero-order chi connectivity index (χ0) is 14.6. The molecule has 1 aromatic carbocycles. The molecule has 0 aliphatic rings. The van der Waals surface area contributed by atoms with Gasteiger partial charge in [0.05, 0.1) is 12.9 Å². The summed E-state index contributed by atoms with van der Waals surface area (Å²) in [6, 6.07) is 6.47. The number of carbonyl (C=O) groups excluding carboxylic acids is 1. The van der Waals surface area contributed by atoms with Crippen LogP contribution in [0, 0.1) is 5.92 Å². The molecule has 0 amide bonds. The quantitative estimate of drug-likeness (QED) is 0.752. The maximum Gasteiger partial charge on any atom is 0.180 e. The van der Waals surface area contributed by atoms with Crippen molar-refractivity contribution < 1.29 is 17.9 Å². The van der Waals surface area contributed by atoms with Crippen molar-refractivity contribution in [3.63, 3.8) is 0 Å². The van der Waals surface area contributed by atoms with Crippen LogP contribution in [0.4, 0.5) is 0 Å². The minimum atomic E-state index is -3.40. The minimum Gasteiger partial charge on any atom is -0.497 e. The number of carbonyl (C=O) groups is 1. The Hall–Kier alpha value is -1.36. The summed E-state index contributed by atoms with van der Waals surface area (Å²) in [4.78, 5) is 12.2. The molecule has 0 aliphatic heterocycles. The van der Waals surface area contributed by atoms with Gasteiger partial charge in [-0.3, -0.25) is 4.79 Å². The molecule has 0 N–H and O–H groups in total. The molecule has 19 heavy (non-hydrogen) atoms. The summed E-state index contributed by atoms with van der Waals surface area (Å²) < 4.78 is 29.1. The summed E-state index contributed by atoms with van der Waals surface area (Å²) in [5, 5.41) is -1.01. The fourth-order valence-electron chi connectivity index (χ4n) is 1.76. The van der Waals surface area contributed by atoms with Crippen molar-refractivity contribution in [3.05, 3.63) is 29.8 Å². The minimum absolute atomic E-state index is 0.0103. The van der Waals surface area contributed by atoms with Crippen LogP contribution in [0.5, 0.6) is 5.75 Å². The van der Waals surface area contributed by atoms with E-state index >= 15 is 0 Å². The monoisotopic (exact) mass is 284 g/mol. The van der Waals surface area contributed by atoms with Gasteiger partial charge in [-0.15, -0.1) is 0 Å². The molecule has 1 aromatic rings. The van der Waals surface area contributed by atoms with Gasteiger partial charge < -0.3 is 4.74 Å². The van der Waals surface area contributed by atoms with Crippen molar-refractivity contribution in [2.75, 3.05) is 12.9 Å². The Kier molecular flexibility index (Phi) is 5.11. The van der Waals surface area contributed by atoms with Crippen LogP contribution in [-0.4, -0.2) is 32.3 Å². The first-order valence-corrected chi connectivity index (χ1v) is 7.89. The molecule has 0 saturated heterocycles. The van der Waals surface area contributed by atoms with E-state index in [9.17, 15) is 13.2 Å². The first kappa shape index (κ1) is 15.7. The molecule has 0 radical (unpaired) electrons. The van der Waals surface area contributed by atoms with E-state index in [-0.39, 0.29) is 17.5 Å². The summed E-state index contributed by atoms with van der Waals surface area (Å²) >= 11 is 0. The van der Waals surface area contributed by atoms with E-state index in [1.165, 1.54) is 14.0 Å². The third-order valence-electron chi connectivity index (χ3n) is 2.85. The Morgan fingerprint density at radius 1 is 1.16 bits per heavy atom. The standard InChI is InChI=1S/C14H20O4S/c1-10(2)9-19(16,17)11(3)14(15)12-5-7-13(18-4)8-6-12/h5-8,10-11H,9H2,1-4H3. The molecule has 5 heteroatoms. The van der Waals surface area contributed by atoms with Crippen LogP contribution < -0.4 is 4.74 Å². The highest BCUT2D eigenvalue weighted by Crippen LogP contribution is 2.16. The van der Waals surface area contributed by atoms with E-state index in [1.807, 2.05) is 13.8 Å². The molecule has 106 valence electrons. The van der Waals surface area contributed by atoms with Crippen LogP contribution >= 0.6 is 0 Å². The zero-order valence-electron chi connectivity index (χ0n) is 11.7. The lowest BCUT2D eigenvalue weighted by Crippen LogP contribution is -2.31. The maximum atomic E-state index is 12.2. The molecule has 0 heterocycles. The predicted molar refractivity (Wildman–Crippen MR) is 75.4 cm³/mol. The second-order valence-electron chi connectivity index (χ2n) is 4.96. The number of methoxy groups -OCH3 is 1. The topological polar surface area (TPSA) is 60.4 Å². The molecule has 0 fully saturated rings. The number of rotatable bonds is 6. The molecule has 4 nitrogen and oxygen atoms in total. The molecule has 1 unspecified atom stereocenters. The molecule has 0 aromatic heterocycles. The molecule has 1 rings (SSSR count). The van der Waals surface area contributed by atoms with Gasteiger partial charge in [-0.05, 0) is 37.1 Å². The third-order valence-corrected chi connectivity index (χ3v) is 5.27. The van der Waals surface area contributed by atoms with Gasteiger partial charge in [0, 0.05) is 5.56 Å². The van der Waals surface area contributed by atoms with Gasteiger partial charge >= 0.3 is 0 Å². The SMILES string of the molecule is COc1ccc(C(=O)C(C)S(=O)(=O)CC(C)C)cc1. The van der Waals surface area contributed by atoms with Crippen LogP contribution in [0.25, 0.3) is 0 Å². The molecule has 0 bridgehead atoms. The van der Waals surface area contributed by atoms with Crippen molar-refractivity contribution in [3.8, 4) is 5.75 Å². The van der Waals surface area contributed by atoms with Crippen molar-refractivity contribution in [2.24, 2.45) is 5.92 Å². The Labute approximate surface area is 114 Å². The van der Waals surface area contributed by atoms with E-state index in [1.54, 1.807) is 24.3 Å². The largest absolute Gasteiger partial charge is 0.497 e. The second-order valence-corrected chi connectivity index (χ2v) is 7.32. The van der Waals surface area contributed by atoms with E-state index in [0.29, 0.717) is 11.3 Å². The Morgan fingerprint density at radius 3 is 2.11 bits per heavy atom. The van der Waals surface area contributed by atoms with Gasteiger partial charge in [0.2, 0.25) is 0 Å². The van der Waals surface area contributed by atoms with Gasteiger partial charge in [-0.1, -0.05) is 13.8 Å². The number of hydrogen-bond donors (Lipinski definition) is 0. The van der Waals surface area contributed by atoms with Crippen molar-refractivity contribution in [2.45, 2.75) is 26.0 Å². The molecule has 1 atom stereocenters. The van der Waals surface area contributed by atoms with E-state index < -0.39 is 15.1 Å². The lowest BCUT2D eigenvalue weighted by molar-refractivity contribution is 0.0991. The van der Waals surface area contributed by atoms with Gasteiger partial charge in [-0.25, -0.2) is 8.42 Å². The van der Waals surface area contributed by atoms with Crippen molar-refractivity contribution in [1.82, 2.24) is 0 Å². The Balaban J connectivity index is 2.92. The van der Waals surface area contributed by atoms with Gasteiger partial charge in [0.1, 0.15) is 11.0 Å². The van der Waals surface area contributed by atoms with E-state index in [0.717, 1.165) is 0 Å². The maximum absolute atomic E-state index is 12.2. The van der Waals surface area contributed by atoms with E-state index in [4.69, 9.17) is 4.74 Å². The summed E-state index contributed by atoms with van der Waals surface area (Å²) in [5.74, 6) is 0.296. The lowest BCUT2D eigenvalue weighted by Gasteiger charge is -2.14. The normalized spacial score (nSPS) is 13.3. The summed E-state index contributed by atoms with van der Waals surface area (Å²) in [7, 11) is -1.87. The summed E-state index contributed by atoms with van der Waals surface area (Å²) in [6.45, 7) is 5.09. The van der Waals surface area contributed by atoms with Gasteiger partial charge in [-0.2, -0.15) is 0 Å². The van der Waals surface area contributed by atoms with Crippen LogP contribution in [-0.2, 0) is 9.84 Å². The van der Waals surface area contributed by atoms with Crippen LogP contribution in [0.15, 0.2) is 24.3 Å². The van der Waals surface area contributed by atoms with Gasteiger partial charge in [0.25, 0.3) is 0 Å². The fraction of sp³-hybridized carbons (Fsp3) is 0.500. The smallest absolute Gasteiger partial charge is 0.180 e. The first-order valence-electron chi connectivity index (χ1n) is 6.17. The van der Waals surface area contributed by atoms with Gasteiger partial charge in [0.15, 0.2) is 15.6 Å². The Morgan fingerprint density at radius 2 is 1.68 bits per heavy atom. The molecule has 0 saturated carbocycles. The molecular weight excluding hydrogens is 264 g/mol. The van der Waals surface area contributed by atoms with Crippen molar-refractivity contribution in [1.29, 1.82) is 0 Å². The summed E-state index contributed by atoms with van der Waals surface area (Å²) in [5.41, 5.74) is 0.389. The van der Waals surface area contributed by atoms with Crippen molar-refractivity contribution >= 4 is 15.6 Å². The number of ether oxygens (including phenoxy) is 1. The number of ketones is 1. The number of sulfone groups is 1. The molecular formula is C14H20O4S. The van der Waals surface area contributed by atoms with Crippen LogP contribution in [0.1, 0.15) is 31.1 Å². The average Bonchev–Trinajstić information content (AvgIpc) is 2.35. The first-order chi connectivity index (χ1) is 8.77. The summed E-state index contributed by atoms with van der Waals surface area (Å²) in [6.07, 6.45) is 0. The lowest BCUT2D eigenvalue weighted by atomic mass is 10.1. The van der Waals surface area contributed by atoms with E-state index in [2.05, 4.69) is 0 Å². The molecule has 0 spiro atoms. The predicted octanol–water partition coefficient (Wildman–Crippen LogP) is 2.34. The highest BCUT2D eigenvalue weighted by molar-refractivity contribution is 7.92. The van der Waals surface area contributed by atoms with Crippen LogP contribution in [0.2, 0.25) is 0 Å². The highest BCUT2D eigenvalue weighted by atomic mass is 32.2. The number of hydrogen-bond acceptors (Lipinski definition) is 4. The number of benzene rings is 1. The number of Topliss-reactive ketones (excluding diaryl/α,β-unsaturated/α-hetero) is 1. The highest BCUT2D eigenvalue weighted by Gasteiger charge is 2.29. The van der Waals surface area contributed by atoms with Crippen LogP contribution in [0.3, 0.4) is 0 Å². The molecule has 0 aliphatic carbocycles.